The molecule has 0 radical (unpaired) electrons. The average Bonchev–Trinajstić information content (AvgIpc) is 3.07. The van der Waals surface area contributed by atoms with Gasteiger partial charge < -0.3 is 9.47 Å². The molecule has 0 aliphatic rings. The molecule has 0 fully saturated rings. The quantitative estimate of drug-likeness (QED) is 0.295. The summed E-state index contributed by atoms with van der Waals surface area (Å²) in [5.74, 6) is 1.58. The van der Waals surface area contributed by atoms with Gasteiger partial charge >= 0.3 is 0 Å². The maximum Gasteiger partial charge on any atom is 0.220 e. The van der Waals surface area contributed by atoms with Crippen LogP contribution in [0.5, 0.6) is 11.5 Å². The van der Waals surface area contributed by atoms with Crippen molar-refractivity contribution < 1.29 is 14.4 Å². The van der Waals surface area contributed by atoms with Crippen molar-refractivity contribution in [3.63, 3.8) is 0 Å². The summed E-state index contributed by atoms with van der Waals surface area (Å²) in [7, 11) is 3.00. The van der Waals surface area contributed by atoms with Gasteiger partial charge in [0.05, 0.1) is 14.2 Å². The van der Waals surface area contributed by atoms with Gasteiger partial charge in [0, 0.05) is 21.7 Å². The zero-order valence-corrected chi connectivity index (χ0v) is 17.6. The highest BCUT2D eigenvalue weighted by Crippen LogP contribution is 2.43. The molecule has 152 valence electrons. The van der Waals surface area contributed by atoms with Crippen LogP contribution in [0.2, 0.25) is 5.02 Å². The fourth-order valence-corrected chi connectivity index (χ4v) is 4.43. The predicted molar refractivity (Wildman–Crippen MR) is 111 cm³/mol. The van der Waals surface area contributed by atoms with Crippen molar-refractivity contribution in [3.8, 4) is 17.2 Å². The Morgan fingerprint density at radius 3 is 2.45 bits per heavy atom. The monoisotopic (exact) mass is 434 g/mol. The number of methoxy groups -OCH3 is 2. The molecular formula is C19H19ClN4O4S. The van der Waals surface area contributed by atoms with Crippen molar-refractivity contribution >= 4 is 23.4 Å². The molecule has 0 saturated carbocycles. The number of ether oxygens (including phenoxy) is 2. The van der Waals surface area contributed by atoms with Gasteiger partial charge in [0.25, 0.3) is 0 Å². The number of benzene rings is 2. The molecule has 8 nitrogen and oxygen atoms in total. The van der Waals surface area contributed by atoms with E-state index >= 15 is 0 Å². The lowest BCUT2D eigenvalue weighted by atomic mass is 10.1. The molecule has 0 aliphatic carbocycles. The van der Waals surface area contributed by atoms with Crippen LogP contribution in [0, 0.1) is 17.0 Å². The molecule has 0 bridgehead atoms. The number of hydrogen-bond donors (Lipinski definition) is 0. The van der Waals surface area contributed by atoms with Crippen molar-refractivity contribution in [1.82, 2.24) is 14.8 Å². The van der Waals surface area contributed by atoms with E-state index in [1.54, 1.807) is 12.1 Å². The molecule has 3 aromatic rings. The number of nitro groups is 1. The molecule has 0 amide bonds. The number of thioether (sulfide) groups is 1. The van der Waals surface area contributed by atoms with Gasteiger partial charge in [-0.05, 0) is 30.7 Å². The largest absolute Gasteiger partial charge is 0.493 e. The van der Waals surface area contributed by atoms with E-state index in [0.29, 0.717) is 33.1 Å². The second-order valence-electron chi connectivity index (χ2n) is 6.05. The molecule has 3 rings (SSSR count). The van der Waals surface area contributed by atoms with Gasteiger partial charge in [-0.25, -0.2) is 0 Å². The first kappa shape index (κ1) is 20.9. The first-order valence-corrected chi connectivity index (χ1v) is 9.87. The van der Waals surface area contributed by atoms with Crippen LogP contribution < -0.4 is 9.47 Å². The van der Waals surface area contributed by atoms with Gasteiger partial charge in [0.2, 0.25) is 6.54 Å². The van der Waals surface area contributed by atoms with Gasteiger partial charge in [-0.3, -0.25) is 14.7 Å². The Morgan fingerprint density at radius 2 is 1.83 bits per heavy atom. The third-order valence-electron chi connectivity index (χ3n) is 4.22. The van der Waals surface area contributed by atoms with Gasteiger partial charge in [0.15, 0.2) is 16.7 Å². The molecule has 2 aromatic carbocycles. The van der Waals surface area contributed by atoms with Crippen molar-refractivity contribution in [3.05, 3.63) is 69.0 Å². The molecular weight excluding hydrogens is 416 g/mol. The van der Waals surface area contributed by atoms with E-state index in [9.17, 15) is 10.1 Å². The minimum atomic E-state index is -0.608. The summed E-state index contributed by atoms with van der Waals surface area (Å²) in [6.45, 7) is 1.48. The van der Waals surface area contributed by atoms with Crippen LogP contribution >= 0.6 is 23.4 Å². The Kier molecular flexibility index (Phi) is 6.60. The number of rotatable bonds is 8. The minimum absolute atomic E-state index is 0.347. The zero-order chi connectivity index (χ0) is 21.0. The Labute approximate surface area is 177 Å². The molecule has 0 saturated heterocycles. The van der Waals surface area contributed by atoms with E-state index in [1.165, 1.54) is 26.0 Å². The Balaban J connectivity index is 2.04. The van der Waals surface area contributed by atoms with Crippen molar-refractivity contribution in [1.29, 1.82) is 0 Å². The summed E-state index contributed by atoms with van der Waals surface area (Å²) < 4.78 is 12.4. The van der Waals surface area contributed by atoms with Gasteiger partial charge in [0.1, 0.15) is 11.1 Å². The van der Waals surface area contributed by atoms with Crippen LogP contribution in [0.4, 0.5) is 0 Å². The maximum atomic E-state index is 11.4. The Bertz CT molecular complexity index is 1010. The molecule has 0 N–H and O–H groups in total. The first-order valence-electron chi connectivity index (χ1n) is 8.62. The molecule has 1 heterocycles. The maximum absolute atomic E-state index is 11.4. The third kappa shape index (κ3) is 4.63. The number of hydrogen-bond acceptors (Lipinski definition) is 7. The van der Waals surface area contributed by atoms with Gasteiger partial charge in [-0.15, -0.1) is 10.2 Å². The highest BCUT2D eigenvalue weighted by atomic mass is 35.5. The van der Waals surface area contributed by atoms with Crippen LogP contribution in [0.25, 0.3) is 5.69 Å². The van der Waals surface area contributed by atoms with E-state index in [1.807, 2.05) is 41.8 Å². The number of aromatic nitrogens is 3. The Morgan fingerprint density at radius 1 is 1.17 bits per heavy atom. The number of halogens is 1. The Hall–Kier alpha value is -2.78. The summed E-state index contributed by atoms with van der Waals surface area (Å²) >= 11 is 7.66. The summed E-state index contributed by atoms with van der Waals surface area (Å²) in [4.78, 5) is 11.0. The van der Waals surface area contributed by atoms with Crippen LogP contribution in [-0.4, -0.2) is 40.5 Å². The topological polar surface area (TPSA) is 92.3 Å². The summed E-state index contributed by atoms with van der Waals surface area (Å²) in [6, 6.07) is 12.8. The summed E-state index contributed by atoms with van der Waals surface area (Å²) in [5, 5.41) is 20.0. The standard InChI is InChI=1S/C19H19ClN4O4S/c1-12-21-22-19(24(12)13-7-5-4-6-8-13)29-18(11-23(25)26)14-9-16(27-2)17(28-3)10-15(14)20/h4-10,18H,11H2,1-3H3/t18-/m1/s1. The minimum Gasteiger partial charge on any atom is -0.493 e. The van der Waals surface area contributed by atoms with Crippen LogP contribution in [0.3, 0.4) is 0 Å². The SMILES string of the molecule is COc1cc(Cl)c([C@@H](C[N+](=O)[O-])Sc2nnc(C)n2-c2ccccc2)cc1OC. The second-order valence-corrected chi connectivity index (χ2v) is 7.63. The highest BCUT2D eigenvalue weighted by molar-refractivity contribution is 7.99. The molecule has 10 heteroatoms. The van der Waals surface area contributed by atoms with Gasteiger partial charge in [-0.2, -0.15) is 0 Å². The van der Waals surface area contributed by atoms with Crippen LogP contribution in [-0.2, 0) is 0 Å². The molecule has 0 unspecified atom stereocenters. The lowest BCUT2D eigenvalue weighted by Crippen LogP contribution is -2.12. The van der Waals surface area contributed by atoms with Crippen molar-refractivity contribution in [2.45, 2.75) is 17.3 Å². The molecule has 1 aromatic heterocycles. The normalized spacial score (nSPS) is 11.9. The van der Waals surface area contributed by atoms with E-state index in [2.05, 4.69) is 10.2 Å². The van der Waals surface area contributed by atoms with E-state index in [4.69, 9.17) is 21.1 Å². The predicted octanol–water partition coefficient (Wildman–Crippen LogP) is 4.36. The summed E-state index contributed by atoms with van der Waals surface area (Å²) in [5.41, 5.74) is 1.43. The number of para-hydroxylation sites is 1. The number of aryl methyl sites for hydroxylation is 1. The second kappa shape index (κ2) is 9.15. The fraction of sp³-hybridized carbons (Fsp3) is 0.263. The smallest absolute Gasteiger partial charge is 0.220 e. The van der Waals surface area contributed by atoms with E-state index in [-0.39, 0.29) is 11.5 Å². The van der Waals surface area contributed by atoms with Gasteiger partial charge in [-0.1, -0.05) is 41.6 Å². The third-order valence-corrected chi connectivity index (χ3v) is 5.71. The lowest BCUT2D eigenvalue weighted by molar-refractivity contribution is -0.479. The van der Waals surface area contributed by atoms with Crippen LogP contribution in [0.1, 0.15) is 16.6 Å². The average molecular weight is 435 g/mol. The molecule has 0 spiro atoms. The van der Waals surface area contributed by atoms with Crippen LogP contribution in [0.15, 0.2) is 47.6 Å². The fourth-order valence-electron chi connectivity index (χ4n) is 2.87. The highest BCUT2D eigenvalue weighted by Gasteiger charge is 2.27. The van der Waals surface area contributed by atoms with E-state index in [0.717, 1.165) is 5.69 Å². The first-order chi connectivity index (χ1) is 13.9. The number of nitrogens with zero attached hydrogens (tertiary/aromatic N) is 4. The molecule has 1 atom stereocenters. The van der Waals surface area contributed by atoms with Crippen molar-refractivity contribution in [2.24, 2.45) is 0 Å². The lowest BCUT2D eigenvalue weighted by Gasteiger charge is -2.17. The zero-order valence-electron chi connectivity index (χ0n) is 16.0. The summed E-state index contributed by atoms with van der Waals surface area (Å²) in [6.07, 6.45) is 0. The van der Waals surface area contributed by atoms with Crippen molar-refractivity contribution in [2.75, 3.05) is 20.8 Å². The molecule has 0 aliphatic heterocycles. The van der Waals surface area contributed by atoms with E-state index < -0.39 is 5.25 Å². The molecule has 29 heavy (non-hydrogen) atoms.